The van der Waals surface area contributed by atoms with Crippen molar-refractivity contribution in [3.63, 3.8) is 0 Å². The minimum atomic E-state index is 0.455. The van der Waals surface area contributed by atoms with Crippen molar-refractivity contribution in [2.75, 3.05) is 24.5 Å². The first kappa shape index (κ1) is 14.3. The average Bonchev–Trinajstić information content (AvgIpc) is 2.38. The van der Waals surface area contributed by atoms with Crippen LogP contribution in [0.15, 0.2) is 12.3 Å². The van der Waals surface area contributed by atoms with Gasteiger partial charge in [0.15, 0.2) is 0 Å². The maximum Gasteiger partial charge on any atom is 0.225 e. The first-order valence-corrected chi connectivity index (χ1v) is 7.32. The Morgan fingerprint density at radius 1 is 1.21 bits per heavy atom. The van der Waals surface area contributed by atoms with Crippen LogP contribution in [0.4, 0.5) is 5.95 Å². The van der Waals surface area contributed by atoms with Crippen LogP contribution in [0.1, 0.15) is 46.2 Å². The van der Waals surface area contributed by atoms with Crippen LogP contribution in [0, 0.1) is 0 Å². The first-order valence-electron chi connectivity index (χ1n) is 7.32. The van der Waals surface area contributed by atoms with Crippen LogP contribution in [0.3, 0.4) is 0 Å². The van der Waals surface area contributed by atoms with Crippen LogP contribution in [-0.2, 0) is 0 Å². The number of piperazine rings is 1. The molecule has 0 saturated carbocycles. The molecule has 106 valence electrons. The molecule has 19 heavy (non-hydrogen) atoms. The van der Waals surface area contributed by atoms with E-state index in [4.69, 9.17) is 4.98 Å². The van der Waals surface area contributed by atoms with E-state index in [-0.39, 0.29) is 0 Å². The standard InChI is InChI=1S/C15H26N4/c1-11(2)14-6-7-16-15(17-14)18-8-9-19(12(3)4)13(5)10-18/h6-7,11-13H,8-10H2,1-5H3/t13-/m0/s1. The molecular weight excluding hydrogens is 236 g/mol. The third-order valence-electron chi connectivity index (χ3n) is 3.88. The molecule has 4 nitrogen and oxygen atoms in total. The Morgan fingerprint density at radius 3 is 2.53 bits per heavy atom. The van der Waals surface area contributed by atoms with E-state index in [0.717, 1.165) is 31.3 Å². The third-order valence-corrected chi connectivity index (χ3v) is 3.88. The lowest BCUT2D eigenvalue weighted by atomic mass is 10.1. The topological polar surface area (TPSA) is 32.3 Å². The smallest absolute Gasteiger partial charge is 0.225 e. The molecule has 0 aromatic carbocycles. The van der Waals surface area contributed by atoms with Crippen LogP contribution >= 0.6 is 0 Å². The second-order valence-electron chi connectivity index (χ2n) is 6.06. The van der Waals surface area contributed by atoms with Crippen LogP contribution in [0.5, 0.6) is 0 Å². The summed E-state index contributed by atoms with van der Waals surface area (Å²) in [5, 5.41) is 0. The van der Waals surface area contributed by atoms with Crippen molar-refractivity contribution in [2.24, 2.45) is 0 Å². The van der Waals surface area contributed by atoms with Crippen LogP contribution < -0.4 is 4.90 Å². The van der Waals surface area contributed by atoms with Gasteiger partial charge in [-0.15, -0.1) is 0 Å². The molecule has 1 aromatic heterocycles. The molecule has 0 unspecified atom stereocenters. The molecule has 1 aliphatic heterocycles. The Hall–Kier alpha value is -1.16. The van der Waals surface area contributed by atoms with Crippen molar-refractivity contribution in [2.45, 2.75) is 52.6 Å². The lowest BCUT2D eigenvalue weighted by molar-refractivity contribution is 0.147. The van der Waals surface area contributed by atoms with Gasteiger partial charge in [0.2, 0.25) is 5.95 Å². The second kappa shape index (κ2) is 5.87. The van der Waals surface area contributed by atoms with Gasteiger partial charge in [0, 0.05) is 43.6 Å². The highest BCUT2D eigenvalue weighted by Crippen LogP contribution is 2.19. The molecule has 0 N–H and O–H groups in total. The van der Waals surface area contributed by atoms with Gasteiger partial charge in [-0.05, 0) is 32.8 Å². The normalized spacial score (nSPS) is 21.4. The summed E-state index contributed by atoms with van der Waals surface area (Å²) >= 11 is 0. The number of rotatable bonds is 3. The molecule has 1 fully saturated rings. The Kier molecular flexibility index (Phi) is 4.40. The highest BCUT2D eigenvalue weighted by Gasteiger charge is 2.26. The van der Waals surface area contributed by atoms with E-state index in [1.54, 1.807) is 0 Å². The van der Waals surface area contributed by atoms with Crippen LogP contribution in [0.25, 0.3) is 0 Å². The summed E-state index contributed by atoms with van der Waals surface area (Å²) in [6.45, 7) is 14.3. The number of aromatic nitrogens is 2. The summed E-state index contributed by atoms with van der Waals surface area (Å²) in [5.41, 5.74) is 1.13. The Bertz CT molecular complexity index is 416. The number of anilines is 1. The molecule has 0 amide bonds. The maximum absolute atomic E-state index is 4.70. The van der Waals surface area contributed by atoms with Gasteiger partial charge in [-0.25, -0.2) is 9.97 Å². The molecule has 4 heteroatoms. The zero-order valence-electron chi connectivity index (χ0n) is 12.8. The van der Waals surface area contributed by atoms with E-state index < -0.39 is 0 Å². The van der Waals surface area contributed by atoms with Crippen molar-refractivity contribution in [3.8, 4) is 0 Å². The van der Waals surface area contributed by atoms with Crippen molar-refractivity contribution in [1.82, 2.24) is 14.9 Å². The van der Waals surface area contributed by atoms with Crippen molar-refractivity contribution < 1.29 is 0 Å². The SMILES string of the molecule is CC(C)c1ccnc(N2CCN(C(C)C)[C@@H](C)C2)n1. The fraction of sp³-hybridized carbons (Fsp3) is 0.733. The Morgan fingerprint density at radius 2 is 1.95 bits per heavy atom. The number of nitrogens with zero attached hydrogens (tertiary/aromatic N) is 4. The largest absolute Gasteiger partial charge is 0.338 e. The van der Waals surface area contributed by atoms with E-state index in [9.17, 15) is 0 Å². The zero-order valence-corrected chi connectivity index (χ0v) is 12.8. The average molecular weight is 262 g/mol. The van der Waals surface area contributed by atoms with E-state index in [1.807, 2.05) is 12.3 Å². The summed E-state index contributed by atoms with van der Waals surface area (Å²) < 4.78 is 0. The molecule has 1 atom stereocenters. The van der Waals surface area contributed by atoms with E-state index in [0.29, 0.717) is 18.0 Å². The lowest BCUT2D eigenvalue weighted by Crippen LogP contribution is -2.54. The minimum Gasteiger partial charge on any atom is -0.338 e. The number of hydrogen-bond acceptors (Lipinski definition) is 4. The quantitative estimate of drug-likeness (QED) is 0.838. The molecule has 1 aromatic rings. The minimum absolute atomic E-state index is 0.455. The van der Waals surface area contributed by atoms with Gasteiger partial charge in [0.1, 0.15) is 0 Å². The Balaban J connectivity index is 2.10. The number of hydrogen-bond donors (Lipinski definition) is 0. The predicted octanol–water partition coefficient (Wildman–Crippen LogP) is 2.52. The molecule has 1 aliphatic rings. The fourth-order valence-corrected chi connectivity index (χ4v) is 2.76. The van der Waals surface area contributed by atoms with Gasteiger partial charge in [0.25, 0.3) is 0 Å². The summed E-state index contributed by atoms with van der Waals surface area (Å²) in [6, 6.07) is 3.18. The van der Waals surface area contributed by atoms with E-state index in [2.05, 4.69) is 49.4 Å². The molecule has 0 bridgehead atoms. The third kappa shape index (κ3) is 3.24. The predicted molar refractivity (Wildman–Crippen MR) is 79.6 cm³/mol. The molecule has 1 saturated heterocycles. The first-order chi connectivity index (χ1) is 8.99. The van der Waals surface area contributed by atoms with Crippen LogP contribution in [0.2, 0.25) is 0 Å². The van der Waals surface area contributed by atoms with Gasteiger partial charge < -0.3 is 4.90 Å². The maximum atomic E-state index is 4.70. The summed E-state index contributed by atoms with van der Waals surface area (Å²) in [4.78, 5) is 14.0. The van der Waals surface area contributed by atoms with Crippen molar-refractivity contribution in [3.05, 3.63) is 18.0 Å². The zero-order chi connectivity index (χ0) is 14.0. The van der Waals surface area contributed by atoms with Gasteiger partial charge in [0.05, 0.1) is 0 Å². The van der Waals surface area contributed by atoms with Gasteiger partial charge >= 0.3 is 0 Å². The van der Waals surface area contributed by atoms with Crippen LogP contribution in [-0.4, -0.2) is 46.6 Å². The van der Waals surface area contributed by atoms with Gasteiger partial charge in [-0.1, -0.05) is 13.8 Å². The van der Waals surface area contributed by atoms with Crippen molar-refractivity contribution in [1.29, 1.82) is 0 Å². The monoisotopic (exact) mass is 262 g/mol. The Labute approximate surface area is 116 Å². The molecular formula is C15H26N4. The van der Waals surface area contributed by atoms with E-state index in [1.165, 1.54) is 0 Å². The highest BCUT2D eigenvalue weighted by atomic mass is 15.3. The summed E-state index contributed by atoms with van der Waals surface area (Å²) in [7, 11) is 0. The summed E-state index contributed by atoms with van der Waals surface area (Å²) in [5.74, 6) is 1.34. The van der Waals surface area contributed by atoms with E-state index >= 15 is 0 Å². The summed E-state index contributed by atoms with van der Waals surface area (Å²) in [6.07, 6.45) is 1.89. The fourth-order valence-electron chi connectivity index (χ4n) is 2.76. The molecule has 2 rings (SSSR count). The second-order valence-corrected chi connectivity index (χ2v) is 6.06. The van der Waals surface area contributed by atoms with Crippen molar-refractivity contribution >= 4 is 5.95 Å². The lowest BCUT2D eigenvalue weighted by Gasteiger charge is -2.42. The molecule has 0 radical (unpaired) electrons. The van der Waals surface area contributed by atoms with Gasteiger partial charge in [-0.2, -0.15) is 0 Å². The van der Waals surface area contributed by atoms with Gasteiger partial charge in [-0.3, -0.25) is 4.90 Å². The highest BCUT2D eigenvalue weighted by molar-refractivity contribution is 5.32. The molecule has 0 spiro atoms. The molecule has 2 heterocycles. The molecule has 0 aliphatic carbocycles.